The van der Waals surface area contributed by atoms with Crippen LogP contribution in [0.5, 0.6) is 0 Å². The molecule has 1 aromatic heterocycles. The van der Waals surface area contributed by atoms with E-state index in [1.165, 1.54) is 0 Å². The highest BCUT2D eigenvalue weighted by atomic mass is 16.4. The van der Waals surface area contributed by atoms with Gasteiger partial charge in [0.1, 0.15) is 0 Å². The number of hydrogen-bond acceptors (Lipinski definition) is 5. The first-order valence-electron chi connectivity index (χ1n) is 7.45. The molecule has 2 heterocycles. The molecule has 1 fully saturated rings. The molecule has 0 radical (unpaired) electrons. The van der Waals surface area contributed by atoms with E-state index in [1.807, 2.05) is 32.6 Å². The van der Waals surface area contributed by atoms with E-state index >= 15 is 0 Å². The molecule has 0 saturated carbocycles. The number of amidine groups is 1. The molecule has 21 heavy (non-hydrogen) atoms. The van der Waals surface area contributed by atoms with Gasteiger partial charge in [0, 0.05) is 45.1 Å². The van der Waals surface area contributed by atoms with E-state index in [0.717, 1.165) is 45.7 Å². The van der Waals surface area contributed by atoms with Crippen molar-refractivity contribution >= 4 is 5.84 Å². The molecule has 118 valence electrons. The lowest BCUT2D eigenvalue weighted by atomic mass is 10.0. The van der Waals surface area contributed by atoms with Crippen molar-refractivity contribution in [2.75, 3.05) is 32.7 Å². The second-order valence-electron chi connectivity index (χ2n) is 6.03. The molecule has 2 rings (SSSR count). The van der Waals surface area contributed by atoms with Gasteiger partial charge in [-0.25, -0.2) is 4.98 Å². The number of imidazole rings is 1. The summed E-state index contributed by atoms with van der Waals surface area (Å²) in [6, 6.07) is 0. The topological polar surface area (TPSA) is 82.9 Å². The molecule has 1 saturated heterocycles. The van der Waals surface area contributed by atoms with Crippen LogP contribution in [0.4, 0.5) is 0 Å². The molecule has 7 heteroatoms. The average molecular weight is 294 g/mol. The third-order valence-electron chi connectivity index (χ3n) is 4.35. The number of nitrogens with two attached hydrogens (primary N) is 1. The fourth-order valence-electron chi connectivity index (χ4n) is 2.71. The summed E-state index contributed by atoms with van der Waals surface area (Å²) < 4.78 is 2.11. The maximum absolute atomic E-state index is 8.88. The van der Waals surface area contributed by atoms with Crippen molar-refractivity contribution in [2.24, 2.45) is 10.9 Å². The number of piperazine rings is 1. The van der Waals surface area contributed by atoms with Gasteiger partial charge in [-0.3, -0.25) is 4.90 Å². The summed E-state index contributed by atoms with van der Waals surface area (Å²) in [5.74, 6) is 0.274. The Kier molecular flexibility index (Phi) is 5.19. The first-order chi connectivity index (χ1) is 10.0. The van der Waals surface area contributed by atoms with Crippen LogP contribution < -0.4 is 5.73 Å². The maximum atomic E-state index is 8.88. The minimum absolute atomic E-state index is 0.274. The third-order valence-corrected chi connectivity index (χ3v) is 4.35. The number of aromatic nitrogens is 2. The monoisotopic (exact) mass is 294 g/mol. The predicted octanol–water partition coefficient (Wildman–Crippen LogP) is 0.416. The predicted molar refractivity (Wildman–Crippen MR) is 82.3 cm³/mol. The van der Waals surface area contributed by atoms with Crippen molar-refractivity contribution in [3.8, 4) is 0 Å². The first kappa shape index (κ1) is 15.8. The minimum atomic E-state index is -0.391. The van der Waals surface area contributed by atoms with Crippen LogP contribution in [-0.4, -0.2) is 68.7 Å². The molecule has 0 bridgehead atoms. The van der Waals surface area contributed by atoms with Crippen LogP contribution in [0.15, 0.2) is 23.9 Å². The van der Waals surface area contributed by atoms with Gasteiger partial charge in [0.05, 0.1) is 11.9 Å². The van der Waals surface area contributed by atoms with Gasteiger partial charge in [-0.05, 0) is 26.8 Å². The van der Waals surface area contributed by atoms with Crippen LogP contribution in [-0.2, 0) is 6.54 Å². The van der Waals surface area contributed by atoms with E-state index < -0.39 is 5.54 Å². The number of oxime groups is 1. The zero-order valence-corrected chi connectivity index (χ0v) is 12.9. The molecule has 1 aliphatic rings. The highest BCUT2D eigenvalue weighted by Gasteiger charge is 2.33. The van der Waals surface area contributed by atoms with Crippen molar-refractivity contribution in [3.63, 3.8) is 0 Å². The summed E-state index contributed by atoms with van der Waals surface area (Å²) in [6.45, 7) is 10.0. The maximum Gasteiger partial charge on any atom is 0.159 e. The standard InChI is InChI=1S/C14H26N6O/c1-14(2,13(15)17-21)20-10-8-18(9-11-20)5-3-6-19-7-4-16-12-19/h4,7,12,21H,3,5-6,8-11H2,1-2H3,(H2,15,17). The number of rotatable bonds is 6. The van der Waals surface area contributed by atoms with E-state index in [-0.39, 0.29) is 5.84 Å². The van der Waals surface area contributed by atoms with Crippen molar-refractivity contribution in [1.29, 1.82) is 0 Å². The molecule has 1 aromatic rings. The van der Waals surface area contributed by atoms with E-state index in [4.69, 9.17) is 10.9 Å². The minimum Gasteiger partial charge on any atom is -0.409 e. The van der Waals surface area contributed by atoms with Gasteiger partial charge >= 0.3 is 0 Å². The second-order valence-corrected chi connectivity index (χ2v) is 6.03. The van der Waals surface area contributed by atoms with Crippen LogP contribution in [0.1, 0.15) is 20.3 Å². The van der Waals surface area contributed by atoms with Gasteiger partial charge in [-0.2, -0.15) is 0 Å². The van der Waals surface area contributed by atoms with Crippen LogP contribution in [0.25, 0.3) is 0 Å². The average Bonchev–Trinajstić information content (AvgIpc) is 3.00. The molecule has 0 amide bonds. The summed E-state index contributed by atoms with van der Waals surface area (Å²) in [5, 5.41) is 12.0. The molecule has 0 aliphatic carbocycles. The Balaban J connectivity index is 1.73. The van der Waals surface area contributed by atoms with Crippen LogP contribution in [0, 0.1) is 0 Å². The van der Waals surface area contributed by atoms with E-state index in [0.29, 0.717) is 0 Å². The van der Waals surface area contributed by atoms with Gasteiger partial charge in [-0.1, -0.05) is 5.16 Å². The quantitative estimate of drug-likeness (QED) is 0.344. The Morgan fingerprint density at radius 1 is 1.29 bits per heavy atom. The molecule has 3 N–H and O–H groups in total. The van der Waals surface area contributed by atoms with Crippen molar-refractivity contribution in [3.05, 3.63) is 18.7 Å². The molecule has 1 aliphatic heterocycles. The third kappa shape index (κ3) is 3.95. The number of aryl methyl sites for hydroxylation is 1. The van der Waals surface area contributed by atoms with Gasteiger partial charge in [-0.15, -0.1) is 0 Å². The van der Waals surface area contributed by atoms with Gasteiger partial charge in [0.2, 0.25) is 0 Å². The summed E-state index contributed by atoms with van der Waals surface area (Å²) in [5.41, 5.74) is 5.40. The molecule has 0 atom stereocenters. The van der Waals surface area contributed by atoms with Crippen LogP contribution in [0.2, 0.25) is 0 Å². The zero-order valence-electron chi connectivity index (χ0n) is 12.9. The summed E-state index contributed by atoms with van der Waals surface area (Å²) in [7, 11) is 0. The zero-order chi connectivity index (χ0) is 15.3. The summed E-state index contributed by atoms with van der Waals surface area (Å²) in [6.07, 6.45) is 6.79. The van der Waals surface area contributed by atoms with E-state index in [9.17, 15) is 0 Å². The Bertz CT molecular complexity index is 448. The van der Waals surface area contributed by atoms with E-state index in [1.54, 1.807) is 0 Å². The van der Waals surface area contributed by atoms with Crippen molar-refractivity contribution in [2.45, 2.75) is 32.4 Å². The van der Waals surface area contributed by atoms with E-state index in [2.05, 4.69) is 24.5 Å². The largest absolute Gasteiger partial charge is 0.409 e. The highest BCUT2D eigenvalue weighted by Crippen LogP contribution is 2.17. The lowest BCUT2D eigenvalue weighted by Gasteiger charge is -2.43. The fraction of sp³-hybridized carbons (Fsp3) is 0.714. The summed E-state index contributed by atoms with van der Waals surface area (Å²) in [4.78, 5) is 8.79. The fourth-order valence-corrected chi connectivity index (χ4v) is 2.71. The molecule has 7 nitrogen and oxygen atoms in total. The first-order valence-corrected chi connectivity index (χ1v) is 7.45. The number of nitrogens with zero attached hydrogens (tertiary/aromatic N) is 5. The van der Waals surface area contributed by atoms with Crippen molar-refractivity contribution in [1.82, 2.24) is 19.4 Å². The Morgan fingerprint density at radius 2 is 2.00 bits per heavy atom. The van der Waals surface area contributed by atoms with Gasteiger partial charge in [0.15, 0.2) is 5.84 Å². The van der Waals surface area contributed by atoms with Crippen LogP contribution in [0.3, 0.4) is 0 Å². The van der Waals surface area contributed by atoms with Gasteiger partial charge < -0.3 is 20.4 Å². The smallest absolute Gasteiger partial charge is 0.159 e. The SMILES string of the molecule is CC(C)(C(N)=NO)N1CCN(CCCn2ccnc2)CC1. The Morgan fingerprint density at radius 3 is 2.57 bits per heavy atom. The lowest BCUT2D eigenvalue weighted by Crippen LogP contribution is -2.59. The lowest BCUT2D eigenvalue weighted by molar-refractivity contribution is 0.0819. The molecule has 0 aromatic carbocycles. The Hall–Kier alpha value is -1.60. The molecule has 0 spiro atoms. The summed E-state index contributed by atoms with van der Waals surface area (Å²) >= 11 is 0. The molecular formula is C14H26N6O. The van der Waals surface area contributed by atoms with Gasteiger partial charge in [0.25, 0.3) is 0 Å². The van der Waals surface area contributed by atoms with Crippen LogP contribution >= 0.6 is 0 Å². The normalized spacial score (nSPS) is 19.0. The highest BCUT2D eigenvalue weighted by molar-refractivity contribution is 5.88. The molecule has 0 unspecified atom stereocenters. The molecular weight excluding hydrogens is 268 g/mol. The second kappa shape index (κ2) is 6.91. The number of hydrogen-bond donors (Lipinski definition) is 2. The van der Waals surface area contributed by atoms with Crippen molar-refractivity contribution < 1.29 is 5.21 Å². The Labute approximate surface area is 126 Å².